The predicted molar refractivity (Wildman–Crippen MR) is 116 cm³/mol. The molecule has 5 heteroatoms. The van der Waals surface area contributed by atoms with Crippen LogP contribution in [0.25, 0.3) is 0 Å². The van der Waals surface area contributed by atoms with Crippen LogP contribution in [0.2, 0.25) is 0 Å². The zero-order chi connectivity index (χ0) is 21.3. The van der Waals surface area contributed by atoms with E-state index in [1.165, 1.54) is 11.1 Å². The van der Waals surface area contributed by atoms with Crippen molar-refractivity contribution in [3.8, 4) is 5.75 Å². The number of nitrogens with zero attached hydrogens (tertiary/aromatic N) is 1. The SMILES string of the molecule is CC(C)(CN1CCC(C2c3ccccc3COc3ccc(CO)cc32)CC1)C(=O)O. The number of ether oxygens (including phenoxy) is 1. The summed E-state index contributed by atoms with van der Waals surface area (Å²) in [4.78, 5) is 13.8. The molecule has 2 N–H and O–H groups in total. The molecule has 2 aliphatic rings. The fourth-order valence-electron chi connectivity index (χ4n) is 4.94. The Morgan fingerprint density at radius 3 is 2.57 bits per heavy atom. The quantitative estimate of drug-likeness (QED) is 0.780. The molecule has 1 atom stereocenters. The number of carboxylic acid groups (broad SMARTS) is 1. The van der Waals surface area contributed by atoms with E-state index >= 15 is 0 Å². The molecule has 0 aromatic heterocycles. The number of aliphatic hydroxyl groups is 1. The summed E-state index contributed by atoms with van der Waals surface area (Å²) in [6.45, 7) is 6.55. The number of aliphatic carboxylic acids is 1. The molecule has 2 aromatic rings. The second-order valence-electron chi connectivity index (χ2n) is 9.30. The lowest BCUT2D eigenvalue weighted by Crippen LogP contribution is -2.43. The van der Waals surface area contributed by atoms with Crippen molar-refractivity contribution in [1.29, 1.82) is 0 Å². The summed E-state index contributed by atoms with van der Waals surface area (Å²) in [6.07, 6.45) is 2.02. The maximum absolute atomic E-state index is 11.5. The standard InChI is InChI=1S/C25H31NO4/c1-25(2,24(28)29)16-26-11-9-18(10-12-26)23-20-6-4-3-5-19(20)15-30-22-8-7-17(14-27)13-21(22)23/h3-8,13,18,23,27H,9-12,14-16H2,1-2H3,(H,28,29). The van der Waals surface area contributed by atoms with Gasteiger partial charge in [-0.15, -0.1) is 0 Å². The molecule has 2 aliphatic heterocycles. The summed E-state index contributed by atoms with van der Waals surface area (Å²) < 4.78 is 6.15. The van der Waals surface area contributed by atoms with Crippen LogP contribution < -0.4 is 4.74 Å². The zero-order valence-corrected chi connectivity index (χ0v) is 17.8. The van der Waals surface area contributed by atoms with Gasteiger partial charge in [0.05, 0.1) is 12.0 Å². The van der Waals surface area contributed by atoms with Crippen LogP contribution in [0.4, 0.5) is 0 Å². The van der Waals surface area contributed by atoms with Crippen molar-refractivity contribution in [2.45, 2.75) is 45.8 Å². The average molecular weight is 410 g/mol. The van der Waals surface area contributed by atoms with E-state index in [0.29, 0.717) is 19.1 Å². The Morgan fingerprint density at radius 2 is 1.87 bits per heavy atom. The number of likely N-dealkylation sites (tertiary alicyclic amines) is 1. The summed E-state index contributed by atoms with van der Waals surface area (Å²) in [6, 6.07) is 14.5. The van der Waals surface area contributed by atoms with E-state index in [0.717, 1.165) is 42.8 Å². The van der Waals surface area contributed by atoms with Crippen LogP contribution in [0.1, 0.15) is 54.9 Å². The van der Waals surface area contributed by atoms with E-state index in [9.17, 15) is 15.0 Å². The Balaban J connectivity index is 1.62. The molecule has 0 aliphatic carbocycles. The lowest BCUT2D eigenvalue weighted by atomic mass is 9.74. The summed E-state index contributed by atoms with van der Waals surface area (Å²) >= 11 is 0. The first kappa shape index (κ1) is 20.9. The molecular weight excluding hydrogens is 378 g/mol. The van der Waals surface area contributed by atoms with Gasteiger partial charge in [-0.2, -0.15) is 0 Å². The molecule has 0 radical (unpaired) electrons. The van der Waals surface area contributed by atoms with Gasteiger partial charge in [-0.3, -0.25) is 4.79 Å². The zero-order valence-electron chi connectivity index (χ0n) is 17.8. The Labute approximate surface area is 178 Å². The number of rotatable bonds is 5. The molecule has 2 aromatic carbocycles. The normalized spacial score (nSPS) is 20.0. The van der Waals surface area contributed by atoms with Crippen molar-refractivity contribution in [3.05, 3.63) is 64.7 Å². The van der Waals surface area contributed by atoms with Crippen LogP contribution in [0.15, 0.2) is 42.5 Å². The first-order valence-corrected chi connectivity index (χ1v) is 10.8. The second kappa shape index (κ2) is 8.40. The fraction of sp³-hybridized carbons (Fsp3) is 0.480. The Morgan fingerprint density at radius 1 is 1.13 bits per heavy atom. The number of benzene rings is 2. The van der Waals surface area contributed by atoms with Crippen molar-refractivity contribution in [1.82, 2.24) is 4.90 Å². The maximum atomic E-state index is 11.5. The van der Waals surface area contributed by atoms with Crippen LogP contribution in [-0.4, -0.2) is 40.7 Å². The molecular formula is C25H31NO4. The second-order valence-corrected chi connectivity index (χ2v) is 9.30. The van der Waals surface area contributed by atoms with Gasteiger partial charge in [0.2, 0.25) is 0 Å². The number of carbonyl (C=O) groups is 1. The van der Waals surface area contributed by atoms with Crippen LogP contribution >= 0.6 is 0 Å². The first-order valence-electron chi connectivity index (χ1n) is 10.8. The smallest absolute Gasteiger partial charge is 0.310 e. The summed E-state index contributed by atoms with van der Waals surface area (Å²) in [5.74, 6) is 0.831. The van der Waals surface area contributed by atoms with Crippen LogP contribution in [-0.2, 0) is 18.0 Å². The van der Waals surface area contributed by atoms with Gasteiger partial charge in [0, 0.05) is 18.0 Å². The van der Waals surface area contributed by atoms with E-state index in [-0.39, 0.29) is 12.5 Å². The average Bonchev–Trinajstić information content (AvgIpc) is 2.90. The van der Waals surface area contributed by atoms with Crippen LogP contribution in [0.5, 0.6) is 5.75 Å². The molecule has 0 saturated carbocycles. The molecule has 160 valence electrons. The summed E-state index contributed by atoms with van der Waals surface area (Å²) in [5.41, 5.74) is 3.87. The molecule has 1 fully saturated rings. The van der Waals surface area contributed by atoms with Gasteiger partial charge >= 0.3 is 5.97 Å². The lowest BCUT2D eigenvalue weighted by Gasteiger charge is -2.39. The monoisotopic (exact) mass is 409 g/mol. The highest BCUT2D eigenvalue weighted by atomic mass is 16.5. The van der Waals surface area contributed by atoms with Crippen molar-refractivity contribution in [3.63, 3.8) is 0 Å². The topological polar surface area (TPSA) is 70.0 Å². The molecule has 0 amide bonds. The van der Waals surface area contributed by atoms with Gasteiger partial charge in [-0.25, -0.2) is 0 Å². The van der Waals surface area contributed by atoms with E-state index < -0.39 is 11.4 Å². The minimum atomic E-state index is -0.745. The minimum absolute atomic E-state index is 0.0182. The lowest BCUT2D eigenvalue weighted by molar-refractivity contribution is -0.148. The Bertz CT molecular complexity index is 915. The third-order valence-electron chi connectivity index (χ3n) is 6.67. The van der Waals surface area contributed by atoms with Crippen molar-refractivity contribution < 1.29 is 19.7 Å². The number of aliphatic hydroxyl groups excluding tert-OH is 1. The van der Waals surface area contributed by atoms with Crippen molar-refractivity contribution in [2.24, 2.45) is 11.3 Å². The third kappa shape index (κ3) is 4.09. The van der Waals surface area contributed by atoms with Gasteiger partial charge in [-0.1, -0.05) is 30.3 Å². The van der Waals surface area contributed by atoms with E-state index in [1.807, 2.05) is 12.1 Å². The maximum Gasteiger partial charge on any atom is 0.310 e. The van der Waals surface area contributed by atoms with E-state index in [1.54, 1.807) is 13.8 Å². The van der Waals surface area contributed by atoms with Crippen molar-refractivity contribution in [2.75, 3.05) is 19.6 Å². The first-order chi connectivity index (χ1) is 14.4. The number of hydrogen-bond acceptors (Lipinski definition) is 4. The largest absolute Gasteiger partial charge is 0.489 e. The molecule has 30 heavy (non-hydrogen) atoms. The highest BCUT2D eigenvalue weighted by Gasteiger charge is 2.36. The molecule has 0 bridgehead atoms. The van der Waals surface area contributed by atoms with Gasteiger partial charge in [0.25, 0.3) is 0 Å². The summed E-state index contributed by atoms with van der Waals surface area (Å²) in [5, 5.41) is 19.2. The van der Waals surface area contributed by atoms with Gasteiger partial charge in [-0.05, 0) is 74.5 Å². The van der Waals surface area contributed by atoms with E-state index in [4.69, 9.17) is 4.74 Å². The number of hydrogen-bond donors (Lipinski definition) is 2. The highest BCUT2D eigenvalue weighted by molar-refractivity contribution is 5.73. The number of piperidine rings is 1. The third-order valence-corrected chi connectivity index (χ3v) is 6.67. The Hall–Kier alpha value is -2.37. The molecule has 0 spiro atoms. The molecule has 1 saturated heterocycles. The van der Waals surface area contributed by atoms with Crippen LogP contribution in [0, 0.1) is 11.3 Å². The van der Waals surface area contributed by atoms with E-state index in [2.05, 4.69) is 35.2 Å². The minimum Gasteiger partial charge on any atom is -0.489 e. The van der Waals surface area contributed by atoms with Gasteiger partial charge < -0.3 is 19.8 Å². The van der Waals surface area contributed by atoms with Gasteiger partial charge in [0.15, 0.2) is 0 Å². The number of fused-ring (bicyclic) bond motifs is 2. The molecule has 2 heterocycles. The van der Waals surface area contributed by atoms with Crippen molar-refractivity contribution >= 4 is 5.97 Å². The molecule has 5 nitrogen and oxygen atoms in total. The fourth-order valence-corrected chi connectivity index (χ4v) is 4.94. The predicted octanol–water partition coefficient (Wildman–Crippen LogP) is 4.03. The molecule has 4 rings (SSSR count). The molecule has 1 unspecified atom stereocenters. The Kier molecular flexibility index (Phi) is 5.85. The van der Waals surface area contributed by atoms with Gasteiger partial charge in [0.1, 0.15) is 12.4 Å². The number of carboxylic acids is 1. The summed E-state index contributed by atoms with van der Waals surface area (Å²) in [7, 11) is 0. The van der Waals surface area contributed by atoms with Crippen LogP contribution in [0.3, 0.4) is 0 Å². The highest BCUT2D eigenvalue weighted by Crippen LogP contribution is 2.45.